The highest BCUT2D eigenvalue weighted by Gasteiger charge is 2.34. The molecule has 1 N–H and O–H groups in total. The number of carbonyl (C=O) groups excluding carboxylic acids is 1. The second-order valence-electron chi connectivity index (χ2n) is 6.64. The highest BCUT2D eigenvalue weighted by molar-refractivity contribution is 5.70. The molecule has 2 atom stereocenters. The Morgan fingerprint density at radius 2 is 2.08 bits per heavy atom. The molecule has 0 radical (unpaired) electrons. The summed E-state index contributed by atoms with van der Waals surface area (Å²) in [6.45, 7) is 9.97. The summed E-state index contributed by atoms with van der Waals surface area (Å²) >= 11 is 0. The largest absolute Gasteiger partial charge is 0.445 e. The summed E-state index contributed by atoms with van der Waals surface area (Å²) in [5, 5.41) is 3.25. The Morgan fingerprint density at radius 1 is 1.31 bits per heavy atom. The van der Waals surface area contributed by atoms with Gasteiger partial charge in [0.15, 0.2) is 0 Å². The van der Waals surface area contributed by atoms with E-state index in [0.29, 0.717) is 19.5 Å². The summed E-state index contributed by atoms with van der Waals surface area (Å²) in [5.41, 5.74) is 2.80. The topological polar surface area (TPSA) is 41.6 Å². The van der Waals surface area contributed by atoms with Gasteiger partial charge in [-0.3, -0.25) is 4.90 Å². The van der Waals surface area contributed by atoms with E-state index in [2.05, 4.69) is 18.5 Å². The van der Waals surface area contributed by atoms with Crippen LogP contribution in [0, 0.1) is 5.82 Å². The lowest BCUT2D eigenvalue weighted by molar-refractivity contribution is 0.0433. The Bertz CT molecular complexity index is 711. The third kappa shape index (κ3) is 3.88. The van der Waals surface area contributed by atoms with E-state index in [1.807, 2.05) is 0 Å². The molecule has 1 amide bonds. The number of allylic oxidation sites excluding steroid dienone is 1. The van der Waals surface area contributed by atoms with Crippen LogP contribution in [0.4, 0.5) is 9.18 Å². The van der Waals surface area contributed by atoms with Crippen LogP contribution >= 0.6 is 0 Å². The number of halogens is 1. The molecule has 0 saturated carbocycles. The van der Waals surface area contributed by atoms with E-state index in [4.69, 9.17) is 4.74 Å². The highest BCUT2D eigenvalue weighted by Crippen LogP contribution is 2.37. The van der Waals surface area contributed by atoms with Crippen LogP contribution in [0.25, 0.3) is 0 Å². The zero-order valence-electron chi connectivity index (χ0n) is 14.9. The fourth-order valence-electron chi connectivity index (χ4n) is 3.65. The van der Waals surface area contributed by atoms with Gasteiger partial charge in [-0.15, -0.1) is 0 Å². The molecule has 0 bridgehead atoms. The van der Waals surface area contributed by atoms with Gasteiger partial charge in [0, 0.05) is 14.5 Å². The second-order valence-corrected chi connectivity index (χ2v) is 6.64. The van der Waals surface area contributed by atoms with Gasteiger partial charge < -0.3 is 10.1 Å². The molecule has 1 unspecified atom stereocenters. The predicted molar refractivity (Wildman–Crippen MR) is 102 cm³/mol. The molecule has 4 nitrogen and oxygen atoms in total. The zero-order chi connectivity index (χ0) is 18.5. The molecule has 1 saturated heterocycles. The van der Waals surface area contributed by atoms with Gasteiger partial charge in [-0.1, -0.05) is 37.4 Å². The summed E-state index contributed by atoms with van der Waals surface area (Å²) in [6.07, 6.45) is 5.68. The molecule has 26 heavy (non-hydrogen) atoms. The quantitative estimate of drug-likeness (QED) is 0.869. The van der Waals surface area contributed by atoms with Crippen LogP contribution in [0.3, 0.4) is 0 Å². The standard InChI is InChI=1S/C21H25FN2O2.H2/c1-3-15-11-13-24(21(25)26-18-6-5-12-23-14-18)20(19(15)4-2)16-7-9-17(22)10-8-16;/h3-4,7-10,18,20,23H,1-2,5-6,11-14H2;1H/t18?,20-;/m0./s1. The number of amides is 1. The number of carbonyl (C=O) groups is 1. The van der Waals surface area contributed by atoms with Crippen LogP contribution in [0.1, 0.15) is 32.3 Å². The molecule has 2 aliphatic heterocycles. The van der Waals surface area contributed by atoms with Gasteiger partial charge >= 0.3 is 6.09 Å². The number of piperidine rings is 1. The first-order valence-corrected chi connectivity index (χ1v) is 9.05. The minimum Gasteiger partial charge on any atom is -0.445 e. The van der Waals surface area contributed by atoms with Crippen molar-refractivity contribution in [2.24, 2.45) is 0 Å². The normalized spacial score (nSPS) is 23.5. The van der Waals surface area contributed by atoms with Gasteiger partial charge in [-0.05, 0) is 54.6 Å². The van der Waals surface area contributed by atoms with Crippen LogP contribution in [0.15, 0.2) is 60.7 Å². The summed E-state index contributed by atoms with van der Waals surface area (Å²) in [5.74, 6) is -0.306. The lowest BCUT2D eigenvalue weighted by atomic mass is 9.88. The Balaban J connectivity index is 0.00000261. The van der Waals surface area contributed by atoms with Crippen molar-refractivity contribution in [1.29, 1.82) is 0 Å². The lowest BCUT2D eigenvalue weighted by Crippen LogP contribution is -2.44. The molecular formula is C21H27FN2O2. The van der Waals surface area contributed by atoms with Crippen LogP contribution in [-0.4, -0.2) is 36.7 Å². The van der Waals surface area contributed by atoms with Gasteiger partial charge in [0.1, 0.15) is 11.9 Å². The van der Waals surface area contributed by atoms with E-state index in [-0.39, 0.29) is 25.5 Å². The number of ether oxygens (including phenoxy) is 1. The number of hydrogen-bond donors (Lipinski definition) is 1. The van der Waals surface area contributed by atoms with E-state index < -0.39 is 0 Å². The zero-order valence-corrected chi connectivity index (χ0v) is 14.9. The SMILES string of the molecule is C=CC1=C(C=C)[C@H](c2ccc(F)cc2)N(C(=O)OC2CCCNC2)CC1.[HH]. The highest BCUT2D eigenvalue weighted by atomic mass is 19.1. The van der Waals surface area contributed by atoms with Crippen LogP contribution in [0.2, 0.25) is 0 Å². The summed E-state index contributed by atoms with van der Waals surface area (Å²) in [6, 6.07) is 5.88. The van der Waals surface area contributed by atoms with Crippen molar-refractivity contribution < 1.29 is 15.3 Å². The molecule has 1 aromatic rings. The smallest absolute Gasteiger partial charge is 0.410 e. The third-order valence-corrected chi connectivity index (χ3v) is 5.00. The third-order valence-electron chi connectivity index (χ3n) is 5.00. The van der Waals surface area contributed by atoms with E-state index in [9.17, 15) is 9.18 Å². The average Bonchev–Trinajstić information content (AvgIpc) is 2.68. The predicted octanol–water partition coefficient (Wildman–Crippen LogP) is 4.38. The molecule has 1 aromatic carbocycles. The van der Waals surface area contributed by atoms with Crippen LogP contribution in [-0.2, 0) is 4.74 Å². The fourth-order valence-corrected chi connectivity index (χ4v) is 3.65. The van der Waals surface area contributed by atoms with Crippen molar-refractivity contribution in [1.82, 2.24) is 10.2 Å². The number of benzene rings is 1. The Morgan fingerprint density at radius 3 is 2.69 bits per heavy atom. The lowest BCUT2D eigenvalue weighted by Gasteiger charge is -2.38. The molecule has 2 aliphatic rings. The summed E-state index contributed by atoms with van der Waals surface area (Å²) in [7, 11) is 0. The average molecular weight is 358 g/mol. The monoisotopic (exact) mass is 358 g/mol. The van der Waals surface area contributed by atoms with Crippen molar-refractivity contribution >= 4 is 6.09 Å². The number of nitrogens with zero attached hydrogens (tertiary/aromatic N) is 1. The van der Waals surface area contributed by atoms with Gasteiger partial charge in [0.05, 0.1) is 6.04 Å². The van der Waals surface area contributed by atoms with E-state index >= 15 is 0 Å². The molecule has 2 heterocycles. The first-order valence-electron chi connectivity index (χ1n) is 9.05. The molecule has 1 fully saturated rings. The molecular weight excluding hydrogens is 331 g/mol. The summed E-state index contributed by atoms with van der Waals surface area (Å²) < 4.78 is 19.1. The first kappa shape index (κ1) is 18.4. The van der Waals surface area contributed by atoms with E-state index in [1.165, 1.54) is 12.1 Å². The molecule has 0 spiro atoms. The van der Waals surface area contributed by atoms with Gasteiger partial charge in [0.2, 0.25) is 0 Å². The van der Waals surface area contributed by atoms with Crippen LogP contribution < -0.4 is 5.32 Å². The number of rotatable bonds is 4. The van der Waals surface area contributed by atoms with Crippen molar-refractivity contribution in [2.45, 2.75) is 31.4 Å². The maximum atomic E-state index is 13.4. The first-order chi connectivity index (χ1) is 12.6. The van der Waals surface area contributed by atoms with Crippen molar-refractivity contribution in [3.05, 3.63) is 72.1 Å². The maximum absolute atomic E-state index is 13.4. The minimum atomic E-state index is -0.348. The molecule has 3 rings (SSSR count). The Kier molecular flexibility index (Phi) is 5.89. The second kappa shape index (κ2) is 8.32. The van der Waals surface area contributed by atoms with Crippen molar-refractivity contribution in [3.63, 3.8) is 0 Å². The maximum Gasteiger partial charge on any atom is 0.410 e. The molecule has 0 aromatic heterocycles. The van der Waals surface area contributed by atoms with Gasteiger partial charge in [-0.25, -0.2) is 9.18 Å². The van der Waals surface area contributed by atoms with E-state index in [1.54, 1.807) is 29.2 Å². The van der Waals surface area contributed by atoms with Crippen LogP contribution in [0.5, 0.6) is 0 Å². The minimum absolute atomic E-state index is 0. The Labute approximate surface area is 155 Å². The summed E-state index contributed by atoms with van der Waals surface area (Å²) in [4.78, 5) is 14.6. The Hall–Kier alpha value is -2.40. The van der Waals surface area contributed by atoms with Gasteiger partial charge in [0.25, 0.3) is 0 Å². The van der Waals surface area contributed by atoms with Crippen molar-refractivity contribution in [3.8, 4) is 0 Å². The number of hydrogen-bond acceptors (Lipinski definition) is 3. The fraction of sp³-hybridized carbons (Fsp3) is 0.381. The van der Waals surface area contributed by atoms with Crippen molar-refractivity contribution in [2.75, 3.05) is 19.6 Å². The number of nitrogens with one attached hydrogen (secondary N) is 1. The van der Waals surface area contributed by atoms with Gasteiger partial charge in [-0.2, -0.15) is 0 Å². The van der Waals surface area contributed by atoms with E-state index in [0.717, 1.165) is 36.1 Å². The molecule has 0 aliphatic carbocycles. The molecule has 5 heteroatoms. The molecule has 140 valence electrons.